The van der Waals surface area contributed by atoms with E-state index in [1.807, 2.05) is 13.8 Å². The normalized spacial score (nSPS) is 10.4. The van der Waals surface area contributed by atoms with E-state index in [2.05, 4.69) is 10.3 Å². The summed E-state index contributed by atoms with van der Waals surface area (Å²) < 4.78 is 13.2. The minimum Gasteiger partial charge on any atom is -0.362 e. The van der Waals surface area contributed by atoms with Gasteiger partial charge in [-0.1, -0.05) is 17.4 Å². The smallest absolute Gasteiger partial charge is 0.183 e. The summed E-state index contributed by atoms with van der Waals surface area (Å²) in [5.74, 6) is -0.209. The molecule has 1 heterocycles. The second-order valence-corrected chi connectivity index (χ2v) is 4.55. The van der Waals surface area contributed by atoms with Crippen LogP contribution in [0.5, 0.6) is 0 Å². The van der Waals surface area contributed by atoms with E-state index in [-0.39, 0.29) is 5.82 Å². The molecule has 2 rings (SSSR count). The maximum Gasteiger partial charge on any atom is 0.183 e. The molecule has 0 atom stereocenters. The number of hydrogen-bond acceptors (Lipinski definition) is 3. The fraction of sp³-hybridized carbons (Fsp3) is 0.250. The summed E-state index contributed by atoms with van der Waals surface area (Å²) in [5.41, 5.74) is 1.98. The molecule has 0 unspecified atom stereocenters. The minimum absolute atomic E-state index is 0.209. The van der Waals surface area contributed by atoms with Gasteiger partial charge in [0.15, 0.2) is 5.13 Å². The van der Waals surface area contributed by atoms with Gasteiger partial charge in [0.25, 0.3) is 0 Å². The largest absolute Gasteiger partial charge is 0.362 e. The Morgan fingerprint density at radius 1 is 1.44 bits per heavy atom. The predicted octanol–water partition coefficient (Wildman–Crippen LogP) is 3.69. The first-order valence-corrected chi connectivity index (χ1v) is 5.98. The molecule has 2 aromatic rings. The van der Waals surface area contributed by atoms with Crippen molar-refractivity contribution in [3.63, 3.8) is 0 Å². The third kappa shape index (κ3) is 2.22. The van der Waals surface area contributed by atoms with Crippen LogP contribution in [-0.4, -0.2) is 11.5 Å². The van der Waals surface area contributed by atoms with E-state index < -0.39 is 0 Å². The average molecular weight is 236 g/mol. The number of aryl methyl sites for hydroxylation is 1. The third-order valence-corrected chi connectivity index (χ3v) is 3.29. The van der Waals surface area contributed by atoms with Crippen LogP contribution in [0.25, 0.3) is 10.4 Å². The summed E-state index contributed by atoms with van der Waals surface area (Å²) in [4.78, 5) is 5.23. The van der Waals surface area contributed by atoms with Gasteiger partial charge in [-0.25, -0.2) is 9.37 Å². The van der Waals surface area contributed by atoms with Gasteiger partial charge in [0.05, 0.1) is 4.88 Å². The lowest BCUT2D eigenvalue weighted by Crippen LogP contribution is -1.94. The summed E-state index contributed by atoms with van der Waals surface area (Å²) in [7, 11) is 0. The topological polar surface area (TPSA) is 24.9 Å². The molecule has 0 aliphatic rings. The zero-order valence-electron chi connectivity index (χ0n) is 9.25. The van der Waals surface area contributed by atoms with Crippen LogP contribution in [0.4, 0.5) is 9.52 Å². The lowest BCUT2D eigenvalue weighted by molar-refractivity contribution is 0.628. The highest BCUT2D eigenvalue weighted by Gasteiger charge is 2.07. The second kappa shape index (κ2) is 4.61. The van der Waals surface area contributed by atoms with Crippen LogP contribution in [0.3, 0.4) is 0 Å². The van der Waals surface area contributed by atoms with Gasteiger partial charge in [-0.15, -0.1) is 0 Å². The Hall–Kier alpha value is -1.42. The number of anilines is 1. The Kier molecular flexibility index (Phi) is 3.19. The Morgan fingerprint density at radius 3 is 3.00 bits per heavy atom. The van der Waals surface area contributed by atoms with Crippen LogP contribution in [0.1, 0.15) is 12.5 Å². The maximum atomic E-state index is 13.2. The molecule has 0 aliphatic carbocycles. The van der Waals surface area contributed by atoms with Crippen molar-refractivity contribution in [2.45, 2.75) is 13.8 Å². The van der Waals surface area contributed by atoms with Gasteiger partial charge in [0.1, 0.15) is 5.82 Å². The van der Waals surface area contributed by atoms with Crippen molar-refractivity contribution in [1.82, 2.24) is 4.98 Å². The summed E-state index contributed by atoms with van der Waals surface area (Å²) in [5, 5.41) is 4.02. The molecule has 84 valence electrons. The summed E-state index contributed by atoms with van der Waals surface area (Å²) >= 11 is 1.54. The van der Waals surface area contributed by atoms with E-state index in [0.717, 1.165) is 27.7 Å². The lowest BCUT2D eigenvalue weighted by Gasteiger charge is -2.02. The van der Waals surface area contributed by atoms with Crippen LogP contribution < -0.4 is 5.32 Å². The van der Waals surface area contributed by atoms with E-state index in [1.165, 1.54) is 6.07 Å². The molecule has 0 aliphatic heterocycles. The third-order valence-electron chi connectivity index (χ3n) is 2.30. The molecule has 1 aromatic heterocycles. The molecule has 0 bridgehead atoms. The molecule has 16 heavy (non-hydrogen) atoms. The quantitative estimate of drug-likeness (QED) is 0.879. The van der Waals surface area contributed by atoms with Crippen molar-refractivity contribution in [3.05, 3.63) is 35.8 Å². The Bertz CT molecular complexity index is 494. The molecule has 1 aromatic carbocycles. The highest BCUT2D eigenvalue weighted by Crippen LogP contribution is 2.31. The molecule has 0 spiro atoms. The standard InChI is InChI=1S/C12H13FN2S/c1-3-14-12-15-7-11(16-12)10-6-9(13)5-4-8(10)2/h4-7H,3H2,1-2H3,(H,14,15). The molecule has 0 fully saturated rings. The van der Waals surface area contributed by atoms with Crippen molar-refractivity contribution in [1.29, 1.82) is 0 Å². The van der Waals surface area contributed by atoms with Gasteiger partial charge in [-0.3, -0.25) is 0 Å². The molecule has 1 N–H and O–H groups in total. The second-order valence-electron chi connectivity index (χ2n) is 3.52. The van der Waals surface area contributed by atoms with Crippen LogP contribution in [0, 0.1) is 12.7 Å². The Balaban J connectivity index is 2.38. The number of hydrogen-bond donors (Lipinski definition) is 1. The van der Waals surface area contributed by atoms with Gasteiger partial charge in [-0.05, 0) is 37.1 Å². The SMILES string of the molecule is CCNc1ncc(-c2cc(F)ccc2C)s1. The molecule has 0 saturated heterocycles. The van der Waals surface area contributed by atoms with E-state index >= 15 is 0 Å². The highest BCUT2D eigenvalue weighted by molar-refractivity contribution is 7.18. The van der Waals surface area contributed by atoms with Crippen molar-refractivity contribution < 1.29 is 4.39 Å². The van der Waals surface area contributed by atoms with E-state index in [0.29, 0.717) is 0 Å². The molecule has 2 nitrogen and oxygen atoms in total. The molecular weight excluding hydrogens is 223 g/mol. The first-order valence-electron chi connectivity index (χ1n) is 5.17. The summed E-state index contributed by atoms with van der Waals surface area (Å²) in [6.45, 7) is 4.84. The Labute approximate surface area is 98.2 Å². The van der Waals surface area contributed by atoms with Crippen LogP contribution in [-0.2, 0) is 0 Å². The van der Waals surface area contributed by atoms with Gasteiger partial charge in [0, 0.05) is 12.7 Å². The fourth-order valence-corrected chi connectivity index (χ4v) is 2.46. The number of rotatable bonds is 3. The molecule has 4 heteroatoms. The van der Waals surface area contributed by atoms with Gasteiger partial charge >= 0.3 is 0 Å². The molecule has 0 saturated carbocycles. The number of benzene rings is 1. The number of thiazole rings is 1. The monoisotopic (exact) mass is 236 g/mol. The van der Waals surface area contributed by atoms with Crippen LogP contribution in [0.2, 0.25) is 0 Å². The minimum atomic E-state index is -0.209. The highest BCUT2D eigenvalue weighted by atomic mass is 32.1. The molecule has 0 amide bonds. The summed E-state index contributed by atoms with van der Waals surface area (Å²) in [6, 6.07) is 4.82. The van der Waals surface area contributed by atoms with Crippen molar-refractivity contribution >= 4 is 16.5 Å². The predicted molar refractivity (Wildman–Crippen MR) is 66.4 cm³/mol. The van der Waals surface area contributed by atoms with Crippen molar-refractivity contribution in [2.24, 2.45) is 0 Å². The number of halogens is 1. The molecular formula is C12H13FN2S. The molecule has 0 radical (unpaired) electrons. The van der Waals surface area contributed by atoms with Crippen LogP contribution in [0.15, 0.2) is 24.4 Å². The summed E-state index contributed by atoms with van der Waals surface area (Å²) in [6.07, 6.45) is 1.78. The van der Waals surface area contributed by atoms with Gasteiger partial charge in [0.2, 0.25) is 0 Å². The van der Waals surface area contributed by atoms with Crippen molar-refractivity contribution in [3.8, 4) is 10.4 Å². The zero-order valence-corrected chi connectivity index (χ0v) is 10.1. The first kappa shape index (κ1) is 11.1. The zero-order chi connectivity index (χ0) is 11.5. The number of nitrogens with one attached hydrogen (secondary N) is 1. The van der Waals surface area contributed by atoms with Crippen molar-refractivity contribution in [2.75, 3.05) is 11.9 Å². The Morgan fingerprint density at radius 2 is 2.25 bits per heavy atom. The number of aromatic nitrogens is 1. The lowest BCUT2D eigenvalue weighted by atomic mass is 10.1. The van der Waals surface area contributed by atoms with E-state index in [9.17, 15) is 4.39 Å². The maximum absolute atomic E-state index is 13.2. The fourth-order valence-electron chi connectivity index (χ4n) is 1.49. The van der Waals surface area contributed by atoms with Gasteiger partial charge in [-0.2, -0.15) is 0 Å². The average Bonchev–Trinajstić information content (AvgIpc) is 2.71. The number of nitrogens with zero attached hydrogens (tertiary/aromatic N) is 1. The van der Waals surface area contributed by atoms with Crippen LogP contribution >= 0.6 is 11.3 Å². The van der Waals surface area contributed by atoms with Gasteiger partial charge < -0.3 is 5.32 Å². The van der Waals surface area contributed by atoms with E-state index in [1.54, 1.807) is 29.7 Å². The first-order chi connectivity index (χ1) is 7.70. The van der Waals surface area contributed by atoms with E-state index in [4.69, 9.17) is 0 Å².